The molecule has 1 fully saturated rings. The predicted molar refractivity (Wildman–Crippen MR) is 123 cm³/mol. The summed E-state index contributed by atoms with van der Waals surface area (Å²) in [6.07, 6.45) is 6.10. The van der Waals surface area contributed by atoms with Crippen LogP contribution in [0.3, 0.4) is 0 Å². The summed E-state index contributed by atoms with van der Waals surface area (Å²) in [6, 6.07) is 21.5. The van der Waals surface area contributed by atoms with E-state index in [-0.39, 0.29) is 17.8 Å². The first-order valence-electron chi connectivity index (χ1n) is 10.6. The molecular weight excluding hydrogens is 364 g/mol. The molecule has 28 heavy (non-hydrogen) atoms. The third-order valence-corrected chi connectivity index (χ3v) is 6.26. The van der Waals surface area contributed by atoms with Crippen LogP contribution >= 0.6 is 12.4 Å². The fourth-order valence-electron chi connectivity index (χ4n) is 4.91. The number of nitrogens with one attached hydrogen (secondary N) is 1. The first kappa shape index (κ1) is 22.6. The third-order valence-electron chi connectivity index (χ3n) is 6.26. The Morgan fingerprint density at radius 2 is 1.36 bits per heavy atom. The third kappa shape index (κ3) is 4.67. The molecule has 0 aromatic heterocycles. The topological polar surface area (TPSA) is 27.1 Å². The first-order chi connectivity index (χ1) is 13.2. The summed E-state index contributed by atoms with van der Waals surface area (Å²) in [5.74, 6) is 0.341. The molecule has 2 aromatic rings. The van der Waals surface area contributed by atoms with E-state index in [2.05, 4.69) is 79.4 Å². The van der Waals surface area contributed by atoms with Crippen molar-refractivity contribution >= 4 is 18.1 Å². The number of halogens is 1. The standard InChI is InChI=1S/C25H34N2.ClH/c1-3-24(26)25(22-14-8-6-9-15-22,23-16-10-7-11-17-23)21(2)20-27-18-12-4-5-13-19-27;/h6-11,14-17,21,26H,3-5,12-13,18-20H2,1-2H3;1H. The minimum atomic E-state index is -0.358. The van der Waals surface area contributed by atoms with Crippen LogP contribution < -0.4 is 0 Å². The van der Waals surface area contributed by atoms with E-state index in [0.29, 0.717) is 5.92 Å². The van der Waals surface area contributed by atoms with E-state index >= 15 is 0 Å². The van der Waals surface area contributed by atoms with Gasteiger partial charge in [0.05, 0.1) is 5.41 Å². The van der Waals surface area contributed by atoms with Crippen molar-refractivity contribution in [2.45, 2.75) is 51.4 Å². The summed E-state index contributed by atoms with van der Waals surface area (Å²) < 4.78 is 0. The monoisotopic (exact) mass is 398 g/mol. The van der Waals surface area contributed by atoms with Gasteiger partial charge < -0.3 is 10.3 Å². The van der Waals surface area contributed by atoms with E-state index in [1.54, 1.807) is 0 Å². The molecule has 1 atom stereocenters. The minimum Gasteiger partial charge on any atom is -0.308 e. The van der Waals surface area contributed by atoms with Crippen molar-refractivity contribution in [3.05, 3.63) is 71.8 Å². The maximum Gasteiger partial charge on any atom is 0.0615 e. The summed E-state index contributed by atoms with van der Waals surface area (Å²) >= 11 is 0. The lowest BCUT2D eigenvalue weighted by molar-refractivity contribution is 0.222. The maximum atomic E-state index is 9.09. The van der Waals surface area contributed by atoms with Gasteiger partial charge in [0.25, 0.3) is 0 Å². The van der Waals surface area contributed by atoms with Crippen LogP contribution in [0.5, 0.6) is 0 Å². The molecule has 3 rings (SSSR count). The Bertz CT molecular complexity index is 666. The Balaban J connectivity index is 0.00000280. The summed E-state index contributed by atoms with van der Waals surface area (Å²) in [5.41, 5.74) is 2.97. The van der Waals surface area contributed by atoms with Gasteiger partial charge in [-0.15, -0.1) is 12.4 Å². The van der Waals surface area contributed by atoms with E-state index in [4.69, 9.17) is 5.41 Å². The van der Waals surface area contributed by atoms with Crippen molar-refractivity contribution < 1.29 is 0 Å². The van der Waals surface area contributed by atoms with Crippen LogP contribution in [0, 0.1) is 11.3 Å². The molecule has 1 N–H and O–H groups in total. The normalized spacial score (nSPS) is 16.6. The van der Waals surface area contributed by atoms with Crippen LogP contribution in [0.15, 0.2) is 60.7 Å². The molecule has 1 aliphatic heterocycles. The van der Waals surface area contributed by atoms with E-state index in [9.17, 15) is 0 Å². The second-order valence-corrected chi connectivity index (χ2v) is 7.99. The molecule has 1 saturated heterocycles. The molecule has 0 spiro atoms. The maximum absolute atomic E-state index is 9.09. The molecule has 0 saturated carbocycles. The highest BCUT2D eigenvalue weighted by Crippen LogP contribution is 2.42. The zero-order valence-corrected chi connectivity index (χ0v) is 18.2. The fraction of sp³-hybridized carbons (Fsp3) is 0.480. The van der Waals surface area contributed by atoms with Gasteiger partial charge in [0, 0.05) is 12.3 Å². The number of likely N-dealkylation sites (tertiary alicyclic amines) is 1. The van der Waals surface area contributed by atoms with E-state index in [1.165, 1.54) is 49.9 Å². The summed E-state index contributed by atoms with van der Waals surface area (Å²) in [6.45, 7) is 7.93. The lowest BCUT2D eigenvalue weighted by Crippen LogP contribution is -2.47. The van der Waals surface area contributed by atoms with Crippen LogP contribution in [0.1, 0.15) is 57.1 Å². The van der Waals surface area contributed by atoms with Crippen LogP contribution in [-0.4, -0.2) is 30.2 Å². The highest BCUT2D eigenvalue weighted by Gasteiger charge is 2.43. The predicted octanol–water partition coefficient (Wildman–Crippen LogP) is 6.34. The van der Waals surface area contributed by atoms with Gasteiger partial charge in [0.2, 0.25) is 0 Å². The van der Waals surface area contributed by atoms with Gasteiger partial charge in [-0.3, -0.25) is 0 Å². The van der Waals surface area contributed by atoms with Gasteiger partial charge in [-0.25, -0.2) is 0 Å². The van der Waals surface area contributed by atoms with Crippen molar-refractivity contribution in [1.29, 1.82) is 5.41 Å². The lowest BCUT2D eigenvalue weighted by Gasteiger charge is -2.43. The van der Waals surface area contributed by atoms with Crippen LogP contribution in [-0.2, 0) is 5.41 Å². The van der Waals surface area contributed by atoms with E-state index in [1.807, 2.05) is 0 Å². The zero-order chi connectivity index (χ0) is 19.1. The fourth-order valence-corrected chi connectivity index (χ4v) is 4.91. The molecule has 1 aliphatic rings. The minimum absolute atomic E-state index is 0. The summed E-state index contributed by atoms with van der Waals surface area (Å²) in [5, 5.41) is 9.09. The van der Waals surface area contributed by atoms with E-state index in [0.717, 1.165) is 18.7 Å². The van der Waals surface area contributed by atoms with Crippen LogP contribution in [0.25, 0.3) is 0 Å². The number of hydrogen-bond acceptors (Lipinski definition) is 2. The quantitative estimate of drug-likeness (QED) is 0.541. The SMILES string of the molecule is CCC(=N)C(c1ccccc1)(c1ccccc1)C(C)CN1CCCCCC1.Cl. The van der Waals surface area contributed by atoms with Gasteiger partial charge >= 0.3 is 0 Å². The Kier molecular flexibility index (Phi) is 8.72. The van der Waals surface area contributed by atoms with Crippen molar-refractivity contribution in [2.24, 2.45) is 5.92 Å². The second kappa shape index (κ2) is 10.8. The number of hydrogen-bond donors (Lipinski definition) is 1. The van der Waals surface area contributed by atoms with Crippen LogP contribution in [0.2, 0.25) is 0 Å². The molecule has 152 valence electrons. The van der Waals surface area contributed by atoms with Gasteiger partial charge in [0.1, 0.15) is 0 Å². The Labute approximate surface area is 177 Å². The number of benzene rings is 2. The van der Waals surface area contributed by atoms with Crippen molar-refractivity contribution in [1.82, 2.24) is 4.90 Å². The molecule has 0 radical (unpaired) electrons. The second-order valence-electron chi connectivity index (χ2n) is 7.99. The highest BCUT2D eigenvalue weighted by atomic mass is 35.5. The first-order valence-corrected chi connectivity index (χ1v) is 10.6. The van der Waals surface area contributed by atoms with Crippen molar-refractivity contribution in [2.75, 3.05) is 19.6 Å². The molecular formula is C25H35ClN2. The largest absolute Gasteiger partial charge is 0.308 e. The average molecular weight is 399 g/mol. The van der Waals surface area contributed by atoms with Crippen LogP contribution in [0.4, 0.5) is 0 Å². The highest BCUT2D eigenvalue weighted by molar-refractivity contribution is 5.96. The zero-order valence-electron chi connectivity index (χ0n) is 17.4. The van der Waals surface area contributed by atoms with Gasteiger partial charge in [-0.2, -0.15) is 0 Å². The molecule has 0 amide bonds. The van der Waals surface area contributed by atoms with Gasteiger partial charge in [-0.05, 0) is 49.4 Å². The smallest absolute Gasteiger partial charge is 0.0615 e. The van der Waals surface area contributed by atoms with Crippen molar-refractivity contribution in [3.8, 4) is 0 Å². The molecule has 0 bridgehead atoms. The lowest BCUT2D eigenvalue weighted by atomic mass is 9.62. The Morgan fingerprint density at radius 3 is 1.79 bits per heavy atom. The Hall–Kier alpha value is -1.64. The molecule has 2 nitrogen and oxygen atoms in total. The molecule has 3 heteroatoms. The molecule has 1 unspecified atom stereocenters. The molecule has 2 aromatic carbocycles. The number of rotatable bonds is 7. The summed E-state index contributed by atoms with van der Waals surface area (Å²) in [4.78, 5) is 2.64. The van der Waals surface area contributed by atoms with Crippen molar-refractivity contribution in [3.63, 3.8) is 0 Å². The van der Waals surface area contributed by atoms with Gasteiger partial charge in [-0.1, -0.05) is 87.4 Å². The molecule has 0 aliphatic carbocycles. The average Bonchev–Trinajstić information content (AvgIpc) is 2.98. The number of nitrogens with zero attached hydrogens (tertiary/aromatic N) is 1. The van der Waals surface area contributed by atoms with E-state index < -0.39 is 0 Å². The van der Waals surface area contributed by atoms with Gasteiger partial charge in [0.15, 0.2) is 0 Å². The molecule has 1 heterocycles. The summed E-state index contributed by atoms with van der Waals surface area (Å²) in [7, 11) is 0. The Morgan fingerprint density at radius 1 is 0.893 bits per heavy atom.